The second-order valence-corrected chi connectivity index (χ2v) is 17.1. The highest BCUT2D eigenvalue weighted by atomic mass is 32.2. The van der Waals surface area contributed by atoms with Gasteiger partial charge in [-0.2, -0.15) is 23.5 Å². The summed E-state index contributed by atoms with van der Waals surface area (Å²) in [6.45, 7) is 3.43. The average molecular weight is 938 g/mol. The van der Waals surface area contributed by atoms with E-state index in [1.807, 2.05) is 38.1 Å². The molecule has 0 saturated heterocycles. The van der Waals surface area contributed by atoms with Gasteiger partial charge in [0.2, 0.25) is 53.2 Å². The summed E-state index contributed by atoms with van der Waals surface area (Å²) >= 11 is 2.63. The van der Waals surface area contributed by atoms with Gasteiger partial charge < -0.3 is 57.7 Å². The van der Waals surface area contributed by atoms with Crippen LogP contribution in [0, 0.1) is 0 Å². The van der Waals surface area contributed by atoms with E-state index in [4.69, 9.17) is 16.2 Å². The summed E-state index contributed by atoms with van der Waals surface area (Å²) in [5, 5.41) is 21.6. The Balaban J connectivity index is 2.41. The zero-order chi connectivity index (χ0) is 47.6. The molecule has 356 valence electrons. The van der Waals surface area contributed by atoms with Crippen molar-refractivity contribution in [2.45, 2.75) is 101 Å². The predicted octanol–water partition coefficient (Wildman–Crippen LogP) is -1.26. The Bertz CT molecular complexity index is 1790. The molecule has 23 heteroatoms. The van der Waals surface area contributed by atoms with Crippen LogP contribution in [-0.4, -0.2) is 156 Å². The minimum atomic E-state index is -1.56. The van der Waals surface area contributed by atoms with Gasteiger partial charge in [0, 0.05) is 42.5 Å². The summed E-state index contributed by atoms with van der Waals surface area (Å²) < 4.78 is 5.72. The van der Waals surface area contributed by atoms with E-state index >= 15 is 0 Å². The molecule has 64 heavy (non-hydrogen) atoms. The average Bonchev–Trinajstić information content (AvgIpc) is 3.22. The Morgan fingerprint density at radius 1 is 0.906 bits per heavy atom. The second kappa shape index (κ2) is 29.9. The number of rotatable bonds is 14. The first kappa shape index (κ1) is 54.7. The Hall–Kier alpha value is -5.42. The molecule has 1 aliphatic heterocycles. The van der Waals surface area contributed by atoms with Crippen LogP contribution >= 0.6 is 23.5 Å². The zero-order valence-electron chi connectivity index (χ0n) is 36.7. The molecule has 9 amide bonds. The smallest absolute Gasteiger partial charge is 0.305 e. The van der Waals surface area contributed by atoms with Gasteiger partial charge in [-0.1, -0.05) is 51.0 Å². The van der Waals surface area contributed by atoms with Crippen molar-refractivity contribution < 1.29 is 57.8 Å². The number of amides is 9. The lowest BCUT2D eigenvalue weighted by Crippen LogP contribution is -2.55. The largest absolute Gasteiger partial charge is 0.481 e. The predicted molar refractivity (Wildman–Crippen MR) is 239 cm³/mol. The van der Waals surface area contributed by atoms with Crippen LogP contribution in [0.15, 0.2) is 24.3 Å². The SMILES string of the molecule is CCCCCC(=O)NC1CSCc2cccc(c2)CSCC(C(=O)NC(CC(=O)O)C(N)=O)NC(=O)CNC(=O)CNC(=O)CC(C)OCCN(CC(N)=O)C(=O)CN(CCC)C1=O. The highest BCUT2D eigenvalue weighted by Crippen LogP contribution is 2.20. The number of nitrogens with zero attached hydrogens (tertiary/aromatic N) is 2. The standard InChI is InChI=1S/C41H63N9O12S2/c1-4-6-7-11-33(52)47-31-25-64-23-28-10-8-9-27(16-28)22-63-24-30(40(60)48-29(39(43)59)17-38(57)58)46-36(55)19-45-35(54)18-44-34(53)15-26(3)62-14-13-49(20-32(42)51)37(56)21-50(12-5-2)41(31)61/h8-10,16,26,29-31H,4-7,11-15,17-25H2,1-3H3,(H2,42,51)(H2,43,59)(H,44,53)(H,45,54)(H,46,55)(H,47,52)(H,48,60)(H,57,58). The molecule has 21 nitrogen and oxygen atoms in total. The van der Waals surface area contributed by atoms with Crippen LogP contribution in [0.25, 0.3) is 0 Å². The van der Waals surface area contributed by atoms with Gasteiger partial charge in [0.1, 0.15) is 18.1 Å². The number of carboxylic acids is 1. The van der Waals surface area contributed by atoms with Crippen LogP contribution in [0.5, 0.6) is 0 Å². The maximum atomic E-state index is 14.1. The molecule has 10 N–H and O–H groups in total. The first-order valence-electron chi connectivity index (χ1n) is 21.1. The van der Waals surface area contributed by atoms with Crippen LogP contribution in [0.2, 0.25) is 0 Å². The summed E-state index contributed by atoms with van der Waals surface area (Å²) in [6.07, 6.45) is 1.38. The number of fused-ring (bicyclic) bond motifs is 2. The molecule has 1 aliphatic rings. The van der Waals surface area contributed by atoms with E-state index in [9.17, 15) is 53.1 Å². The molecule has 0 spiro atoms. The van der Waals surface area contributed by atoms with Gasteiger partial charge in [-0.3, -0.25) is 47.9 Å². The van der Waals surface area contributed by atoms with E-state index in [0.717, 1.165) is 28.9 Å². The van der Waals surface area contributed by atoms with Crippen molar-refractivity contribution in [3.63, 3.8) is 0 Å². The fourth-order valence-corrected chi connectivity index (χ4v) is 8.15. The summed E-state index contributed by atoms with van der Waals surface area (Å²) in [5.41, 5.74) is 12.5. The van der Waals surface area contributed by atoms with Crippen LogP contribution in [-0.2, 0) is 64.2 Å². The maximum absolute atomic E-state index is 14.1. The molecular formula is C41H63N9O12S2. The maximum Gasteiger partial charge on any atom is 0.305 e. The Labute approximate surface area is 381 Å². The van der Waals surface area contributed by atoms with Crippen LogP contribution in [0.3, 0.4) is 0 Å². The van der Waals surface area contributed by atoms with Gasteiger partial charge in [-0.05, 0) is 30.9 Å². The number of aliphatic carboxylic acids is 1. The fraction of sp³-hybridized carbons (Fsp3) is 0.610. The molecule has 0 aromatic heterocycles. The minimum absolute atomic E-state index is 0.0435. The van der Waals surface area contributed by atoms with Crippen molar-refractivity contribution >= 4 is 82.7 Å². The number of unbranched alkanes of at least 4 members (excludes halogenated alkanes) is 2. The lowest BCUT2D eigenvalue weighted by atomic mass is 10.1. The molecule has 0 fully saturated rings. The van der Waals surface area contributed by atoms with Gasteiger partial charge in [0.05, 0.1) is 51.7 Å². The highest BCUT2D eigenvalue weighted by molar-refractivity contribution is 7.98. The minimum Gasteiger partial charge on any atom is -0.481 e. The first-order chi connectivity index (χ1) is 30.4. The monoisotopic (exact) mass is 937 g/mol. The van der Waals surface area contributed by atoms with E-state index in [1.165, 1.54) is 28.4 Å². The Morgan fingerprint density at radius 2 is 1.56 bits per heavy atom. The zero-order valence-corrected chi connectivity index (χ0v) is 38.3. The Kier molecular flexibility index (Phi) is 25.5. The number of carbonyl (C=O) groups excluding carboxylic acids is 9. The van der Waals surface area contributed by atoms with Gasteiger partial charge in [0.25, 0.3) is 0 Å². The molecule has 2 bridgehead atoms. The van der Waals surface area contributed by atoms with Gasteiger partial charge in [0.15, 0.2) is 0 Å². The van der Waals surface area contributed by atoms with Crippen LogP contribution in [0.1, 0.15) is 76.8 Å². The van der Waals surface area contributed by atoms with Gasteiger partial charge >= 0.3 is 5.97 Å². The Morgan fingerprint density at radius 3 is 2.19 bits per heavy atom. The molecule has 0 radical (unpaired) electrons. The summed E-state index contributed by atoms with van der Waals surface area (Å²) in [4.78, 5) is 130. The molecule has 0 aliphatic carbocycles. The number of carbonyl (C=O) groups is 10. The van der Waals surface area contributed by atoms with Crippen molar-refractivity contribution in [2.75, 3.05) is 57.4 Å². The summed E-state index contributed by atoms with van der Waals surface area (Å²) in [5.74, 6) is -6.73. The molecule has 4 unspecified atom stereocenters. The number of hydrogen-bond donors (Lipinski definition) is 8. The fourth-order valence-electron chi connectivity index (χ4n) is 6.15. The number of carboxylic acid groups (broad SMARTS) is 1. The normalized spacial score (nSPS) is 20.2. The van der Waals surface area contributed by atoms with Crippen molar-refractivity contribution in [3.05, 3.63) is 35.4 Å². The van der Waals surface area contributed by atoms with Crippen LogP contribution < -0.4 is 38.1 Å². The highest BCUT2D eigenvalue weighted by Gasteiger charge is 2.30. The molecule has 0 saturated carbocycles. The van der Waals surface area contributed by atoms with Gasteiger partial charge in [-0.25, -0.2) is 0 Å². The molecular weight excluding hydrogens is 875 g/mol. The quantitative estimate of drug-likeness (QED) is 0.101. The van der Waals surface area contributed by atoms with E-state index in [-0.39, 0.29) is 50.0 Å². The third-order valence-corrected chi connectivity index (χ3v) is 11.6. The topological polar surface area (TPSA) is 319 Å². The number of hydrogen-bond acceptors (Lipinski definition) is 13. The second-order valence-electron chi connectivity index (χ2n) is 15.1. The number of nitrogens with two attached hydrogens (primary N) is 2. The van der Waals surface area contributed by atoms with E-state index < -0.39 is 110 Å². The van der Waals surface area contributed by atoms with E-state index in [0.29, 0.717) is 24.3 Å². The molecule has 1 heterocycles. The van der Waals surface area contributed by atoms with Crippen molar-refractivity contribution in [2.24, 2.45) is 11.5 Å². The first-order valence-corrected chi connectivity index (χ1v) is 23.4. The molecule has 1 aromatic carbocycles. The number of benzene rings is 1. The molecule has 2 rings (SSSR count). The van der Waals surface area contributed by atoms with Crippen molar-refractivity contribution in [3.8, 4) is 0 Å². The molecule has 1 aromatic rings. The van der Waals surface area contributed by atoms with E-state index in [2.05, 4.69) is 26.6 Å². The van der Waals surface area contributed by atoms with Crippen LogP contribution in [0.4, 0.5) is 0 Å². The summed E-state index contributed by atoms with van der Waals surface area (Å²) in [7, 11) is 0. The van der Waals surface area contributed by atoms with Crippen molar-refractivity contribution in [1.29, 1.82) is 0 Å². The third kappa shape index (κ3) is 22.3. The van der Waals surface area contributed by atoms with Gasteiger partial charge in [-0.15, -0.1) is 0 Å². The summed E-state index contributed by atoms with van der Waals surface area (Å²) in [6, 6.07) is 3.62. The lowest BCUT2D eigenvalue weighted by Gasteiger charge is -2.30. The van der Waals surface area contributed by atoms with E-state index in [1.54, 1.807) is 6.92 Å². The number of nitrogens with one attached hydrogen (secondary N) is 5. The number of ether oxygens (including phenoxy) is 1. The number of primary amides is 2. The lowest BCUT2D eigenvalue weighted by molar-refractivity contribution is -0.144. The molecule has 4 atom stereocenters. The number of thioether (sulfide) groups is 2. The third-order valence-electron chi connectivity index (χ3n) is 9.39. The van der Waals surface area contributed by atoms with Crippen molar-refractivity contribution in [1.82, 2.24) is 36.4 Å².